The average Bonchev–Trinajstić information content (AvgIpc) is 2.37. The van der Waals surface area contributed by atoms with Gasteiger partial charge in [-0.1, -0.05) is 6.92 Å². The van der Waals surface area contributed by atoms with Crippen molar-refractivity contribution < 1.29 is 9.90 Å². The highest BCUT2D eigenvalue weighted by Crippen LogP contribution is 2.24. The summed E-state index contributed by atoms with van der Waals surface area (Å²) in [6, 6.07) is 5.26. The summed E-state index contributed by atoms with van der Waals surface area (Å²) in [5, 5.41) is 12.7. The summed E-state index contributed by atoms with van der Waals surface area (Å²) in [5.41, 5.74) is 7.00. The molecule has 1 heterocycles. The van der Waals surface area contributed by atoms with E-state index in [1.807, 2.05) is 11.8 Å². The third-order valence-corrected chi connectivity index (χ3v) is 4.29. The van der Waals surface area contributed by atoms with Crippen molar-refractivity contribution in [3.05, 3.63) is 22.7 Å². The molecule has 0 saturated carbocycles. The number of nitrogens with one attached hydrogen (secondary N) is 1. The van der Waals surface area contributed by atoms with Crippen LogP contribution in [0.15, 0.2) is 22.7 Å². The summed E-state index contributed by atoms with van der Waals surface area (Å²) in [5.74, 6) is 0.220. The quantitative estimate of drug-likeness (QED) is 0.731. The molecule has 5 nitrogen and oxygen atoms in total. The number of piperidine rings is 1. The molecule has 2 unspecified atom stereocenters. The molecule has 1 fully saturated rings. The molecule has 0 aliphatic carbocycles. The molecule has 1 aromatic rings. The summed E-state index contributed by atoms with van der Waals surface area (Å²) in [6.07, 6.45) is 0.569. The zero-order valence-electron chi connectivity index (χ0n) is 11.5. The predicted octanol–water partition coefficient (Wildman–Crippen LogP) is 1.67. The highest BCUT2D eigenvalue weighted by molar-refractivity contribution is 9.10. The number of halogens is 1. The van der Waals surface area contributed by atoms with E-state index in [1.165, 1.54) is 0 Å². The Hall–Kier alpha value is -1.11. The zero-order chi connectivity index (χ0) is 14.7. The van der Waals surface area contributed by atoms with Crippen molar-refractivity contribution in [2.24, 2.45) is 5.92 Å². The number of benzene rings is 1. The fraction of sp³-hybridized carbons (Fsp3) is 0.500. The minimum atomic E-state index is -0.347. The number of anilines is 2. The van der Waals surface area contributed by atoms with Gasteiger partial charge in [0, 0.05) is 16.7 Å². The highest BCUT2D eigenvalue weighted by atomic mass is 79.9. The van der Waals surface area contributed by atoms with Gasteiger partial charge in [0.2, 0.25) is 5.91 Å². The van der Waals surface area contributed by atoms with Crippen LogP contribution in [0.5, 0.6) is 0 Å². The molecule has 2 atom stereocenters. The standard InChI is InChI=1S/C14H20BrN3O2/c1-9-4-5-18(7-13(9)19)8-14(20)17-12-3-2-10(16)6-11(12)15/h2-3,6,9,13,19H,4-5,7-8,16H2,1H3,(H,17,20). The number of aliphatic hydroxyl groups is 1. The number of nitrogen functional groups attached to an aromatic ring is 1. The van der Waals surface area contributed by atoms with Gasteiger partial charge in [0.15, 0.2) is 0 Å². The molecule has 0 aromatic heterocycles. The minimum absolute atomic E-state index is 0.0859. The van der Waals surface area contributed by atoms with E-state index in [0.29, 0.717) is 30.4 Å². The molecule has 1 saturated heterocycles. The van der Waals surface area contributed by atoms with Gasteiger partial charge in [0.25, 0.3) is 0 Å². The number of hydrogen-bond acceptors (Lipinski definition) is 4. The maximum atomic E-state index is 12.0. The van der Waals surface area contributed by atoms with Crippen LogP contribution in [-0.2, 0) is 4.79 Å². The van der Waals surface area contributed by atoms with Crippen LogP contribution in [0.3, 0.4) is 0 Å². The van der Waals surface area contributed by atoms with E-state index in [2.05, 4.69) is 21.2 Å². The molecule has 2 rings (SSSR count). The maximum Gasteiger partial charge on any atom is 0.238 e. The van der Waals surface area contributed by atoms with Crippen molar-refractivity contribution in [3.8, 4) is 0 Å². The number of nitrogens with zero attached hydrogens (tertiary/aromatic N) is 1. The van der Waals surface area contributed by atoms with Crippen molar-refractivity contribution in [2.75, 3.05) is 30.7 Å². The maximum absolute atomic E-state index is 12.0. The molecule has 20 heavy (non-hydrogen) atoms. The van der Waals surface area contributed by atoms with Gasteiger partial charge in [0.05, 0.1) is 18.3 Å². The summed E-state index contributed by atoms with van der Waals surface area (Å²) >= 11 is 3.37. The first kappa shape index (κ1) is 15.3. The van der Waals surface area contributed by atoms with E-state index < -0.39 is 0 Å². The Balaban J connectivity index is 1.89. The molecule has 1 amide bonds. The summed E-state index contributed by atoms with van der Waals surface area (Å²) in [7, 11) is 0. The first-order chi connectivity index (χ1) is 9.45. The van der Waals surface area contributed by atoms with E-state index in [9.17, 15) is 9.90 Å². The Morgan fingerprint density at radius 3 is 3.00 bits per heavy atom. The Morgan fingerprint density at radius 1 is 1.60 bits per heavy atom. The Labute approximate surface area is 127 Å². The molecular weight excluding hydrogens is 322 g/mol. The van der Waals surface area contributed by atoms with E-state index in [-0.39, 0.29) is 12.0 Å². The predicted molar refractivity (Wildman–Crippen MR) is 83.4 cm³/mol. The number of carbonyl (C=O) groups excluding carboxylic acids is 1. The van der Waals surface area contributed by atoms with E-state index in [1.54, 1.807) is 18.2 Å². The third kappa shape index (κ3) is 3.94. The second kappa shape index (κ2) is 6.56. The number of amides is 1. The van der Waals surface area contributed by atoms with Crippen molar-refractivity contribution in [3.63, 3.8) is 0 Å². The molecule has 4 N–H and O–H groups in total. The fourth-order valence-electron chi connectivity index (χ4n) is 2.28. The molecule has 0 bridgehead atoms. The van der Waals surface area contributed by atoms with Crippen LogP contribution >= 0.6 is 15.9 Å². The lowest BCUT2D eigenvalue weighted by Crippen LogP contribution is -2.45. The largest absolute Gasteiger partial charge is 0.399 e. The normalized spacial score (nSPS) is 23.6. The molecule has 6 heteroatoms. The highest BCUT2D eigenvalue weighted by Gasteiger charge is 2.25. The number of aliphatic hydroxyl groups excluding tert-OH is 1. The lowest BCUT2D eigenvalue weighted by Gasteiger charge is -2.33. The number of rotatable bonds is 3. The first-order valence-corrected chi connectivity index (χ1v) is 7.50. The van der Waals surface area contributed by atoms with Crippen LogP contribution in [0.25, 0.3) is 0 Å². The fourth-order valence-corrected chi connectivity index (χ4v) is 2.78. The number of β-amino-alcohol motifs (C(OH)–C–C–N with tert-alkyl or cyclic N) is 1. The molecule has 110 valence electrons. The van der Waals surface area contributed by atoms with Crippen LogP contribution in [0.4, 0.5) is 11.4 Å². The van der Waals surface area contributed by atoms with Gasteiger partial charge in [-0.25, -0.2) is 0 Å². The minimum Gasteiger partial charge on any atom is -0.399 e. The van der Waals surface area contributed by atoms with Crippen molar-refractivity contribution >= 4 is 33.2 Å². The molecule has 0 radical (unpaired) electrons. The van der Waals surface area contributed by atoms with Gasteiger partial charge in [-0.15, -0.1) is 0 Å². The van der Waals surface area contributed by atoms with Crippen LogP contribution in [-0.4, -0.2) is 41.7 Å². The molecule has 1 aromatic carbocycles. The number of nitrogens with two attached hydrogens (primary N) is 1. The second-order valence-electron chi connectivity index (χ2n) is 5.36. The zero-order valence-corrected chi connectivity index (χ0v) is 13.1. The van der Waals surface area contributed by atoms with Crippen LogP contribution in [0.1, 0.15) is 13.3 Å². The van der Waals surface area contributed by atoms with E-state index in [4.69, 9.17) is 5.73 Å². The van der Waals surface area contributed by atoms with Gasteiger partial charge in [0.1, 0.15) is 0 Å². The SMILES string of the molecule is CC1CCN(CC(=O)Nc2ccc(N)cc2Br)CC1O. The van der Waals surface area contributed by atoms with Crippen molar-refractivity contribution in [1.82, 2.24) is 4.90 Å². The van der Waals surface area contributed by atoms with Gasteiger partial charge in [-0.3, -0.25) is 9.69 Å². The number of carbonyl (C=O) groups is 1. The second-order valence-corrected chi connectivity index (χ2v) is 6.21. The monoisotopic (exact) mass is 341 g/mol. The first-order valence-electron chi connectivity index (χ1n) is 6.71. The Kier molecular flexibility index (Phi) is 5.01. The molecule has 0 spiro atoms. The van der Waals surface area contributed by atoms with Gasteiger partial charge in [-0.05, 0) is 53.0 Å². The smallest absolute Gasteiger partial charge is 0.238 e. The summed E-state index contributed by atoms with van der Waals surface area (Å²) in [4.78, 5) is 14.0. The average molecular weight is 342 g/mol. The van der Waals surface area contributed by atoms with Gasteiger partial charge in [-0.2, -0.15) is 0 Å². The van der Waals surface area contributed by atoms with Crippen LogP contribution in [0.2, 0.25) is 0 Å². The molecular formula is C14H20BrN3O2. The topological polar surface area (TPSA) is 78.6 Å². The molecule has 1 aliphatic heterocycles. The summed E-state index contributed by atoms with van der Waals surface area (Å²) < 4.78 is 0.762. The Morgan fingerprint density at radius 2 is 2.35 bits per heavy atom. The third-order valence-electron chi connectivity index (χ3n) is 3.64. The van der Waals surface area contributed by atoms with E-state index in [0.717, 1.165) is 17.4 Å². The van der Waals surface area contributed by atoms with Crippen molar-refractivity contribution in [1.29, 1.82) is 0 Å². The van der Waals surface area contributed by atoms with E-state index >= 15 is 0 Å². The lowest BCUT2D eigenvalue weighted by molar-refractivity contribution is -0.118. The van der Waals surface area contributed by atoms with Crippen LogP contribution in [0, 0.1) is 5.92 Å². The molecule has 1 aliphatic rings. The Bertz CT molecular complexity index is 495. The lowest BCUT2D eigenvalue weighted by atomic mass is 9.96. The number of hydrogen-bond donors (Lipinski definition) is 3. The van der Waals surface area contributed by atoms with Gasteiger partial charge < -0.3 is 16.2 Å². The van der Waals surface area contributed by atoms with Crippen LogP contribution < -0.4 is 11.1 Å². The summed E-state index contributed by atoms with van der Waals surface area (Å²) in [6.45, 7) is 3.72. The van der Waals surface area contributed by atoms with Gasteiger partial charge >= 0.3 is 0 Å². The van der Waals surface area contributed by atoms with Crippen molar-refractivity contribution in [2.45, 2.75) is 19.4 Å². The number of likely N-dealkylation sites (tertiary alicyclic amines) is 1.